The Morgan fingerprint density at radius 2 is 1.85 bits per heavy atom. The molecule has 1 aliphatic heterocycles. The van der Waals surface area contributed by atoms with E-state index in [-0.39, 0.29) is 23.9 Å². The van der Waals surface area contributed by atoms with Crippen LogP contribution < -0.4 is 0 Å². The third-order valence-corrected chi connectivity index (χ3v) is 2.66. The second-order valence-electron chi connectivity index (χ2n) is 3.39. The highest BCUT2D eigenvalue weighted by atomic mass is 16.7. The van der Waals surface area contributed by atoms with Crippen LogP contribution in [0.4, 0.5) is 0 Å². The van der Waals surface area contributed by atoms with Gasteiger partial charge in [-0.05, 0) is 0 Å². The van der Waals surface area contributed by atoms with E-state index in [9.17, 15) is 4.79 Å². The molecule has 4 nitrogen and oxygen atoms in total. The quantitative estimate of drug-likeness (QED) is 0.485. The summed E-state index contributed by atoms with van der Waals surface area (Å²) in [7, 11) is 3.08. The molecule has 1 heterocycles. The zero-order chi connectivity index (χ0) is 10.0. The number of hydrogen-bond donors (Lipinski definition) is 0. The molecule has 3 atom stereocenters. The summed E-state index contributed by atoms with van der Waals surface area (Å²) in [6, 6.07) is 0. The second-order valence-corrected chi connectivity index (χ2v) is 3.39. The molecule has 0 N–H and O–H groups in total. The van der Waals surface area contributed by atoms with Gasteiger partial charge in [-0.25, -0.2) is 0 Å². The smallest absolute Gasteiger partial charge is 0.309 e. The van der Waals surface area contributed by atoms with Gasteiger partial charge in [0.15, 0.2) is 12.4 Å². The van der Waals surface area contributed by atoms with E-state index < -0.39 is 6.29 Å². The van der Waals surface area contributed by atoms with Crippen LogP contribution in [0.5, 0.6) is 0 Å². The normalized spacial score (nSPS) is 33.9. The average molecular weight is 188 g/mol. The first kappa shape index (κ1) is 10.5. The van der Waals surface area contributed by atoms with Crippen molar-refractivity contribution in [2.45, 2.75) is 26.2 Å². The Morgan fingerprint density at radius 3 is 2.15 bits per heavy atom. The van der Waals surface area contributed by atoms with Crippen molar-refractivity contribution in [3.63, 3.8) is 0 Å². The third kappa shape index (κ3) is 1.84. The monoisotopic (exact) mass is 188 g/mol. The van der Waals surface area contributed by atoms with Crippen LogP contribution >= 0.6 is 0 Å². The molecule has 0 aromatic carbocycles. The molecule has 1 saturated heterocycles. The van der Waals surface area contributed by atoms with E-state index in [1.807, 2.05) is 13.8 Å². The molecule has 0 aliphatic carbocycles. The molecule has 0 bridgehead atoms. The first-order chi connectivity index (χ1) is 6.11. The fraction of sp³-hybridized carbons (Fsp3) is 0.889. The van der Waals surface area contributed by atoms with Crippen LogP contribution in [0.1, 0.15) is 13.8 Å². The van der Waals surface area contributed by atoms with Gasteiger partial charge in [-0.3, -0.25) is 4.79 Å². The molecule has 4 heteroatoms. The predicted molar refractivity (Wildman–Crippen MR) is 46.0 cm³/mol. The number of esters is 1. The van der Waals surface area contributed by atoms with Crippen molar-refractivity contribution in [3.8, 4) is 0 Å². The first-order valence-electron chi connectivity index (χ1n) is 4.38. The minimum Gasteiger partial charge on any atom is -0.456 e. The summed E-state index contributed by atoms with van der Waals surface area (Å²) < 4.78 is 15.2. The summed E-state index contributed by atoms with van der Waals surface area (Å²) in [5, 5.41) is 0. The fourth-order valence-electron chi connectivity index (χ4n) is 1.52. The zero-order valence-corrected chi connectivity index (χ0v) is 8.44. The zero-order valence-electron chi connectivity index (χ0n) is 8.44. The van der Waals surface area contributed by atoms with Crippen LogP contribution in [0, 0.1) is 11.8 Å². The molecular weight excluding hydrogens is 172 g/mol. The molecule has 1 aliphatic rings. The van der Waals surface area contributed by atoms with Crippen LogP contribution in [0.25, 0.3) is 0 Å². The minimum atomic E-state index is -0.455. The fourth-order valence-corrected chi connectivity index (χ4v) is 1.52. The maximum atomic E-state index is 11.2. The lowest BCUT2D eigenvalue weighted by Gasteiger charge is -2.22. The van der Waals surface area contributed by atoms with Crippen molar-refractivity contribution in [3.05, 3.63) is 0 Å². The van der Waals surface area contributed by atoms with E-state index in [1.165, 1.54) is 14.2 Å². The van der Waals surface area contributed by atoms with Gasteiger partial charge in [0.2, 0.25) is 0 Å². The van der Waals surface area contributed by atoms with Gasteiger partial charge in [0, 0.05) is 20.1 Å². The average Bonchev–Trinajstić information content (AvgIpc) is 2.36. The van der Waals surface area contributed by atoms with E-state index in [0.717, 1.165) is 0 Å². The highest BCUT2D eigenvalue weighted by Crippen LogP contribution is 2.30. The number of cyclic esters (lactones) is 1. The SMILES string of the molecule is COC(OC)C1OC(=O)C(C)C1C. The lowest BCUT2D eigenvalue weighted by Crippen LogP contribution is -2.34. The van der Waals surface area contributed by atoms with Crippen molar-refractivity contribution < 1.29 is 19.0 Å². The highest BCUT2D eigenvalue weighted by molar-refractivity contribution is 5.74. The van der Waals surface area contributed by atoms with Gasteiger partial charge in [0.05, 0.1) is 5.92 Å². The van der Waals surface area contributed by atoms with E-state index in [4.69, 9.17) is 14.2 Å². The summed E-state index contributed by atoms with van der Waals surface area (Å²) in [5.41, 5.74) is 0. The predicted octanol–water partition coefficient (Wildman–Crippen LogP) is 0.803. The molecule has 0 amide bonds. The summed E-state index contributed by atoms with van der Waals surface area (Å²) >= 11 is 0. The Kier molecular flexibility index (Phi) is 3.27. The van der Waals surface area contributed by atoms with Gasteiger partial charge < -0.3 is 14.2 Å². The number of methoxy groups -OCH3 is 2. The van der Waals surface area contributed by atoms with Crippen LogP contribution in [-0.2, 0) is 19.0 Å². The Balaban J connectivity index is 2.66. The maximum Gasteiger partial charge on any atom is 0.309 e. The Labute approximate surface area is 78.2 Å². The van der Waals surface area contributed by atoms with Crippen molar-refractivity contribution in [2.75, 3.05) is 14.2 Å². The number of carbonyl (C=O) groups is 1. The molecule has 0 saturated carbocycles. The van der Waals surface area contributed by atoms with Crippen LogP contribution in [0.15, 0.2) is 0 Å². The van der Waals surface area contributed by atoms with E-state index in [0.29, 0.717) is 0 Å². The third-order valence-electron chi connectivity index (χ3n) is 2.66. The summed E-state index contributed by atoms with van der Waals surface area (Å²) in [5.74, 6) is -0.105. The van der Waals surface area contributed by atoms with Gasteiger partial charge in [0.1, 0.15) is 0 Å². The van der Waals surface area contributed by atoms with Crippen LogP contribution in [-0.4, -0.2) is 32.6 Å². The first-order valence-corrected chi connectivity index (χ1v) is 4.38. The lowest BCUT2D eigenvalue weighted by atomic mass is 9.94. The Hall–Kier alpha value is -0.610. The molecule has 0 aromatic heterocycles. The van der Waals surface area contributed by atoms with Gasteiger partial charge in [-0.1, -0.05) is 13.8 Å². The molecule has 0 radical (unpaired) electrons. The van der Waals surface area contributed by atoms with E-state index in [2.05, 4.69) is 0 Å². The highest BCUT2D eigenvalue weighted by Gasteiger charge is 2.43. The number of ether oxygens (including phenoxy) is 3. The van der Waals surface area contributed by atoms with Gasteiger partial charge in [-0.15, -0.1) is 0 Å². The number of rotatable bonds is 3. The molecule has 3 unspecified atom stereocenters. The van der Waals surface area contributed by atoms with E-state index >= 15 is 0 Å². The molecule has 13 heavy (non-hydrogen) atoms. The van der Waals surface area contributed by atoms with Crippen molar-refractivity contribution >= 4 is 5.97 Å². The standard InChI is InChI=1S/C9H16O4/c1-5-6(2)8(10)13-7(5)9(11-3)12-4/h5-7,9H,1-4H3. The summed E-state index contributed by atoms with van der Waals surface area (Å²) in [6.45, 7) is 3.82. The molecular formula is C9H16O4. The Morgan fingerprint density at radius 1 is 1.31 bits per heavy atom. The van der Waals surface area contributed by atoms with Crippen LogP contribution in [0.2, 0.25) is 0 Å². The number of hydrogen-bond acceptors (Lipinski definition) is 4. The number of carbonyl (C=O) groups excluding carboxylic acids is 1. The molecule has 0 spiro atoms. The van der Waals surface area contributed by atoms with Gasteiger partial charge >= 0.3 is 5.97 Å². The molecule has 76 valence electrons. The Bertz CT molecular complexity index is 188. The molecule has 1 rings (SSSR count). The second kappa shape index (κ2) is 4.07. The minimum absolute atomic E-state index is 0.0715. The van der Waals surface area contributed by atoms with Crippen molar-refractivity contribution in [1.82, 2.24) is 0 Å². The van der Waals surface area contributed by atoms with Crippen molar-refractivity contribution in [1.29, 1.82) is 0 Å². The van der Waals surface area contributed by atoms with Gasteiger partial charge in [-0.2, -0.15) is 0 Å². The molecule has 1 fully saturated rings. The summed E-state index contributed by atoms with van der Waals surface area (Å²) in [6.07, 6.45) is -0.735. The maximum absolute atomic E-state index is 11.2. The van der Waals surface area contributed by atoms with Crippen LogP contribution in [0.3, 0.4) is 0 Å². The largest absolute Gasteiger partial charge is 0.456 e. The van der Waals surface area contributed by atoms with E-state index in [1.54, 1.807) is 0 Å². The topological polar surface area (TPSA) is 44.8 Å². The lowest BCUT2D eigenvalue weighted by molar-refractivity contribution is -0.183. The van der Waals surface area contributed by atoms with Crippen molar-refractivity contribution in [2.24, 2.45) is 11.8 Å². The summed E-state index contributed by atoms with van der Waals surface area (Å²) in [4.78, 5) is 11.2. The molecule has 0 aromatic rings. The van der Waals surface area contributed by atoms with Gasteiger partial charge in [0.25, 0.3) is 0 Å².